The Kier molecular flexibility index (Phi) is 3.69. The summed E-state index contributed by atoms with van der Waals surface area (Å²) in [4.78, 5) is 13.8. The SMILES string of the molecule is COc1c2c(cc3c1[C@@H](CC(=O)c1ccco1)[NH+](C)CC3)OCO2. The maximum absolute atomic E-state index is 12.6. The highest BCUT2D eigenvalue weighted by Crippen LogP contribution is 2.47. The van der Waals surface area contributed by atoms with Gasteiger partial charge in [0.15, 0.2) is 17.3 Å². The first-order valence-corrected chi connectivity index (χ1v) is 8.07. The second-order valence-corrected chi connectivity index (χ2v) is 6.22. The van der Waals surface area contributed by atoms with Gasteiger partial charge in [-0.05, 0) is 23.8 Å². The minimum Gasteiger partial charge on any atom is -0.492 e. The smallest absolute Gasteiger partial charge is 0.231 e. The molecule has 2 aromatic rings. The Morgan fingerprint density at radius 3 is 3.04 bits per heavy atom. The molecule has 2 atom stereocenters. The van der Waals surface area contributed by atoms with Crippen LogP contribution >= 0.6 is 0 Å². The Morgan fingerprint density at radius 2 is 2.29 bits per heavy atom. The molecule has 0 radical (unpaired) electrons. The van der Waals surface area contributed by atoms with Gasteiger partial charge >= 0.3 is 0 Å². The van der Waals surface area contributed by atoms with Crippen molar-refractivity contribution in [3.05, 3.63) is 41.3 Å². The minimum atomic E-state index is -0.00389. The van der Waals surface area contributed by atoms with E-state index < -0.39 is 0 Å². The average molecular weight is 330 g/mol. The predicted octanol–water partition coefficient (Wildman–Crippen LogP) is 1.40. The zero-order chi connectivity index (χ0) is 16.7. The number of carbonyl (C=O) groups excluding carboxylic acids is 1. The predicted molar refractivity (Wildman–Crippen MR) is 85.0 cm³/mol. The lowest BCUT2D eigenvalue weighted by Crippen LogP contribution is -3.10. The van der Waals surface area contributed by atoms with Crippen molar-refractivity contribution in [1.82, 2.24) is 0 Å². The molecule has 126 valence electrons. The number of nitrogens with one attached hydrogen (secondary N) is 1. The van der Waals surface area contributed by atoms with Crippen LogP contribution in [-0.2, 0) is 6.42 Å². The van der Waals surface area contributed by atoms with Gasteiger partial charge in [0, 0.05) is 6.42 Å². The minimum absolute atomic E-state index is 0.00285. The van der Waals surface area contributed by atoms with Crippen LogP contribution < -0.4 is 19.1 Å². The fourth-order valence-electron chi connectivity index (χ4n) is 3.62. The van der Waals surface area contributed by atoms with Crippen LogP contribution in [0.2, 0.25) is 0 Å². The second kappa shape index (κ2) is 5.87. The van der Waals surface area contributed by atoms with Gasteiger partial charge in [-0.25, -0.2) is 0 Å². The fourth-order valence-corrected chi connectivity index (χ4v) is 3.62. The number of methoxy groups -OCH3 is 1. The molecule has 0 spiro atoms. The molecule has 1 aromatic heterocycles. The molecule has 1 N–H and O–H groups in total. The third-order valence-corrected chi connectivity index (χ3v) is 4.87. The number of ketones is 1. The number of hydrogen-bond acceptors (Lipinski definition) is 5. The molecule has 3 heterocycles. The number of benzene rings is 1. The van der Waals surface area contributed by atoms with Crippen LogP contribution in [0.1, 0.15) is 34.1 Å². The van der Waals surface area contributed by atoms with Crippen LogP contribution in [0.3, 0.4) is 0 Å². The van der Waals surface area contributed by atoms with E-state index in [1.807, 2.05) is 6.07 Å². The maximum Gasteiger partial charge on any atom is 0.231 e. The van der Waals surface area contributed by atoms with Crippen molar-refractivity contribution in [1.29, 1.82) is 0 Å². The van der Waals surface area contributed by atoms with Crippen LogP contribution in [-0.4, -0.2) is 33.3 Å². The molecule has 6 heteroatoms. The molecule has 0 amide bonds. The van der Waals surface area contributed by atoms with E-state index in [2.05, 4.69) is 7.05 Å². The van der Waals surface area contributed by atoms with E-state index in [1.165, 1.54) is 16.7 Å². The summed E-state index contributed by atoms with van der Waals surface area (Å²) in [6.07, 6.45) is 2.80. The van der Waals surface area contributed by atoms with Crippen molar-refractivity contribution < 1.29 is 28.3 Å². The number of likely N-dealkylation sites (N-methyl/N-ethyl adjacent to an activating group) is 1. The summed E-state index contributed by atoms with van der Waals surface area (Å²) in [5.74, 6) is 2.45. The number of hydrogen-bond donors (Lipinski definition) is 1. The van der Waals surface area contributed by atoms with Gasteiger partial charge in [-0.2, -0.15) is 0 Å². The van der Waals surface area contributed by atoms with Crippen molar-refractivity contribution >= 4 is 5.78 Å². The topological polar surface area (TPSA) is 62.3 Å². The van der Waals surface area contributed by atoms with Gasteiger partial charge < -0.3 is 23.5 Å². The number of rotatable bonds is 4. The van der Waals surface area contributed by atoms with Crippen molar-refractivity contribution in [3.8, 4) is 17.2 Å². The zero-order valence-electron chi connectivity index (χ0n) is 13.8. The van der Waals surface area contributed by atoms with Crippen molar-refractivity contribution in [3.63, 3.8) is 0 Å². The van der Waals surface area contributed by atoms with Gasteiger partial charge in [0.25, 0.3) is 0 Å². The second-order valence-electron chi connectivity index (χ2n) is 6.22. The van der Waals surface area contributed by atoms with E-state index in [9.17, 15) is 4.79 Å². The molecule has 1 aromatic carbocycles. The highest BCUT2D eigenvalue weighted by atomic mass is 16.7. The number of ether oxygens (including phenoxy) is 3. The Balaban J connectivity index is 1.75. The number of furan rings is 1. The quantitative estimate of drug-likeness (QED) is 0.859. The monoisotopic (exact) mass is 330 g/mol. The molecule has 2 aliphatic rings. The summed E-state index contributed by atoms with van der Waals surface area (Å²) in [7, 11) is 3.74. The van der Waals surface area contributed by atoms with E-state index in [-0.39, 0.29) is 18.6 Å². The largest absolute Gasteiger partial charge is 0.492 e. The van der Waals surface area contributed by atoms with Crippen LogP contribution in [0.15, 0.2) is 28.9 Å². The normalized spacial score (nSPS) is 21.4. The summed E-state index contributed by atoms with van der Waals surface area (Å²) < 4.78 is 22.0. The van der Waals surface area contributed by atoms with E-state index in [0.29, 0.717) is 23.7 Å². The molecule has 0 bridgehead atoms. The van der Waals surface area contributed by atoms with Gasteiger partial charge in [0.2, 0.25) is 18.3 Å². The van der Waals surface area contributed by atoms with Crippen molar-refractivity contribution in [2.45, 2.75) is 18.9 Å². The van der Waals surface area contributed by atoms with Crippen molar-refractivity contribution in [2.24, 2.45) is 0 Å². The molecule has 0 saturated carbocycles. The average Bonchev–Trinajstić information content (AvgIpc) is 3.26. The lowest BCUT2D eigenvalue weighted by Gasteiger charge is -2.32. The molecule has 4 rings (SSSR count). The first-order chi connectivity index (χ1) is 11.7. The molecular weight excluding hydrogens is 310 g/mol. The van der Waals surface area contributed by atoms with Crippen molar-refractivity contribution in [2.75, 3.05) is 27.5 Å². The van der Waals surface area contributed by atoms with E-state index in [4.69, 9.17) is 18.6 Å². The van der Waals surface area contributed by atoms with Gasteiger partial charge in [0.1, 0.15) is 6.04 Å². The third-order valence-electron chi connectivity index (χ3n) is 4.87. The van der Waals surface area contributed by atoms with Crippen LogP contribution in [0.25, 0.3) is 0 Å². The van der Waals surface area contributed by atoms with Gasteiger partial charge in [-0.15, -0.1) is 0 Å². The molecule has 0 aliphatic carbocycles. The van der Waals surface area contributed by atoms with Crippen LogP contribution in [0, 0.1) is 0 Å². The molecule has 2 aliphatic heterocycles. The Morgan fingerprint density at radius 1 is 1.42 bits per heavy atom. The lowest BCUT2D eigenvalue weighted by atomic mass is 9.88. The molecule has 1 unspecified atom stereocenters. The van der Waals surface area contributed by atoms with E-state index in [0.717, 1.165) is 24.3 Å². The number of quaternary nitrogens is 1. The zero-order valence-corrected chi connectivity index (χ0v) is 13.8. The first-order valence-electron chi connectivity index (χ1n) is 8.07. The Hall–Kier alpha value is -2.47. The van der Waals surface area contributed by atoms with Crippen LogP contribution in [0.4, 0.5) is 0 Å². The summed E-state index contributed by atoms with van der Waals surface area (Å²) in [5.41, 5.74) is 2.21. The first kappa shape index (κ1) is 15.1. The summed E-state index contributed by atoms with van der Waals surface area (Å²) in [6.45, 7) is 1.15. The number of fused-ring (bicyclic) bond motifs is 2. The molecule has 24 heavy (non-hydrogen) atoms. The molecule has 0 fully saturated rings. The highest BCUT2D eigenvalue weighted by molar-refractivity contribution is 5.93. The van der Waals surface area contributed by atoms with Gasteiger partial charge in [0.05, 0.1) is 38.9 Å². The number of carbonyl (C=O) groups is 1. The van der Waals surface area contributed by atoms with Gasteiger partial charge in [-0.3, -0.25) is 4.79 Å². The number of Topliss-reactive ketones (excluding diaryl/α,β-unsaturated/α-hetero) is 1. The van der Waals surface area contributed by atoms with Crippen LogP contribution in [0.5, 0.6) is 17.2 Å². The maximum atomic E-state index is 12.6. The standard InChI is InChI=1S/C18H19NO5/c1-19-6-5-11-8-15-17(24-10-23-15)18(21-2)16(11)12(19)9-13(20)14-4-3-7-22-14/h3-4,7-8,12H,5-6,9-10H2,1-2H3/p+1/t12-/m1/s1. The summed E-state index contributed by atoms with van der Waals surface area (Å²) in [5, 5.41) is 0. The Labute approximate surface area is 139 Å². The summed E-state index contributed by atoms with van der Waals surface area (Å²) >= 11 is 0. The molecule has 0 saturated heterocycles. The fraction of sp³-hybridized carbons (Fsp3) is 0.389. The molecule has 6 nitrogen and oxygen atoms in total. The summed E-state index contributed by atoms with van der Waals surface area (Å²) in [6, 6.07) is 5.46. The van der Waals surface area contributed by atoms with E-state index in [1.54, 1.807) is 19.2 Å². The van der Waals surface area contributed by atoms with Gasteiger partial charge in [-0.1, -0.05) is 0 Å². The Bertz CT molecular complexity index is 768. The van der Waals surface area contributed by atoms with E-state index >= 15 is 0 Å². The highest BCUT2D eigenvalue weighted by Gasteiger charge is 2.37. The molecular formula is C18H20NO5+. The lowest BCUT2D eigenvalue weighted by molar-refractivity contribution is -0.913. The third kappa shape index (κ3) is 2.34.